The van der Waals surface area contributed by atoms with Gasteiger partial charge in [0.15, 0.2) is 9.84 Å². The summed E-state index contributed by atoms with van der Waals surface area (Å²) in [6.45, 7) is 3.49. The summed E-state index contributed by atoms with van der Waals surface area (Å²) in [4.78, 5) is 42.7. The van der Waals surface area contributed by atoms with Gasteiger partial charge in [-0.2, -0.15) is 5.10 Å². The van der Waals surface area contributed by atoms with Crippen LogP contribution >= 0.6 is 0 Å². The largest absolute Gasteiger partial charge is 0.462 e. The Morgan fingerprint density at radius 2 is 2.03 bits per heavy atom. The molecule has 1 aromatic carbocycles. The van der Waals surface area contributed by atoms with Gasteiger partial charge >= 0.3 is 5.97 Å². The third-order valence-electron chi connectivity index (χ3n) is 5.66. The number of ether oxygens (including phenoxy) is 1. The van der Waals surface area contributed by atoms with E-state index >= 15 is 0 Å². The van der Waals surface area contributed by atoms with Crippen LogP contribution in [0.25, 0.3) is 0 Å². The van der Waals surface area contributed by atoms with E-state index in [-0.39, 0.29) is 60.4 Å². The lowest BCUT2D eigenvalue weighted by molar-refractivity contribution is -0.138. The van der Waals surface area contributed by atoms with Gasteiger partial charge in [-0.15, -0.1) is 0 Å². The molecule has 180 valence electrons. The zero-order valence-electron chi connectivity index (χ0n) is 18.8. The Kier molecular flexibility index (Phi) is 6.51. The number of rotatable bonds is 4. The maximum Gasteiger partial charge on any atom is 0.343 e. The number of para-hydroxylation sites is 2. The van der Waals surface area contributed by atoms with Crippen molar-refractivity contribution in [2.45, 2.75) is 39.2 Å². The Morgan fingerprint density at radius 3 is 2.74 bits per heavy atom. The van der Waals surface area contributed by atoms with Gasteiger partial charge < -0.3 is 15.4 Å². The van der Waals surface area contributed by atoms with Crippen LogP contribution in [0, 0.1) is 0 Å². The van der Waals surface area contributed by atoms with E-state index in [1.165, 1.54) is 0 Å². The van der Waals surface area contributed by atoms with Crippen molar-refractivity contribution in [2.24, 2.45) is 10.1 Å². The van der Waals surface area contributed by atoms with Gasteiger partial charge in [-0.1, -0.05) is 12.1 Å². The number of hydrogen-bond donors (Lipinski definition) is 2. The lowest BCUT2D eigenvalue weighted by Crippen LogP contribution is -2.45. The molecule has 1 atom stereocenters. The zero-order chi connectivity index (χ0) is 24.5. The van der Waals surface area contributed by atoms with Crippen molar-refractivity contribution in [1.82, 2.24) is 10.3 Å². The van der Waals surface area contributed by atoms with E-state index in [4.69, 9.17) is 4.74 Å². The summed E-state index contributed by atoms with van der Waals surface area (Å²) in [7, 11) is -3.24. The van der Waals surface area contributed by atoms with Crippen LogP contribution in [0.5, 0.6) is 0 Å². The molecule has 0 spiro atoms. The number of esters is 1. The molecule has 1 saturated heterocycles. The van der Waals surface area contributed by atoms with Gasteiger partial charge in [-0.05, 0) is 32.4 Å². The van der Waals surface area contributed by atoms with Crippen LogP contribution in [0.3, 0.4) is 0 Å². The Balaban J connectivity index is 1.65. The fraction of sp³-hybridized carbons (Fsp3) is 0.409. The number of sulfone groups is 1. The van der Waals surface area contributed by atoms with Crippen molar-refractivity contribution in [2.75, 3.05) is 23.4 Å². The predicted molar refractivity (Wildman–Crippen MR) is 125 cm³/mol. The molecule has 3 aliphatic heterocycles. The Hall–Kier alpha value is -3.54. The van der Waals surface area contributed by atoms with E-state index in [1.54, 1.807) is 32.0 Å². The summed E-state index contributed by atoms with van der Waals surface area (Å²) in [6.07, 6.45) is 0.385. The summed E-state index contributed by atoms with van der Waals surface area (Å²) in [5, 5.41) is 11.1. The standard InChI is InChI=1S/C22H25N5O6S/c1-3-33-22(30)19-13(2)23-15-6-4-5-7-16(15)24-20(19)25-21(29)17-8-9-18(28)27(26-17)14-10-11-34(31,32)12-14/h4-7,14,23H,3,8-12H2,1-2H3,(H,24,25,29). The number of fused-ring (bicyclic) bond motifs is 1. The number of aliphatic imine (C=N–C) groups is 1. The van der Waals surface area contributed by atoms with Gasteiger partial charge in [0.05, 0.1) is 35.5 Å². The van der Waals surface area contributed by atoms with E-state index in [0.717, 1.165) is 5.01 Å². The van der Waals surface area contributed by atoms with Crippen LogP contribution in [0.4, 0.5) is 11.4 Å². The quantitative estimate of drug-likeness (QED) is 0.608. The highest BCUT2D eigenvalue weighted by molar-refractivity contribution is 7.91. The molecule has 34 heavy (non-hydrogen) atoms. The third-order valence-corrected chi connectivity index (χ3v) is 7.41. The first-order valence-electron chi connectivity index (χ1n) is 10.9. The molecule has 3 heterocycles. The fourth-order valence-electron chi connectivity index (χ4n) is 4.01. The number of carbonyl (C=O) groups is 3. The normalized spacial score (nSPS) is 21.6. The highest BCUT2D eigenvalue weighted by Gasteiger charge is 2.37. The first-order chi connectivity index (χ1) is 16.2. The summed E-state index contributed by atoms with van der Waals surface area (Å²) < 4.78 is 28.9. The summed E-state index contributed by atoms with van der Waals surface area (Å²) in [5.41, 5.74) is 1.73. The van der Waals surface area contributed by atoms with Gasteiger partial charge in [-0.25, -0.2) is 23.2 Å². The molecular weight excluding hydrogens is 462 g/mol. The first kappa shape index (κ1) is 23.6. The average Bonchev–Trinajstić information content (AvgIpc) is 3.07. The number of benzene rings is 1. The third kappa shape index (κ3) is 4.86. The van der Waals surface area contributed by atoms with Gasteiger partial charge in [0, 0.05) is 18.5 Å². The van der Waals surface area contributed by atoms with Gasteiger partial charge in [0.25, 0.3) is 5.91 Å². The van der Waals surface area contributed by atoms with E-state index < -0.39 is 27.8 Å². The molecule has 0 saturated carbocycles. The lowest BCUT2D eigenvalue weighted by Gasteiger charge is -2.27. The number of amides is 2. The number of amidine groups is 1. The summed E-state index contributed by atoms with van der Waals surface area (Å²) >= 11 is 0. The highest BCUT2D eigenvalue weighted by atomic mass is 32.2. The zero-order valence-corrected chi connectivity index (χ0v) is 19.6. The molecule has 11 nitrogen and oxygen atoms in total. The smallest absolute Gasteiger partial charge is 0.343 e. The number of hydrogen-bond acceptors (Lipinski definition) is 9. The summed E-state index contributed by atoms with van der Waals surface area (Å²) in [5.74, 6) is -1.82. The second kappa shape index (κ2) is 9.37. The van der Waals surface area contributed by atoms with Crippen molar-refractivity contribution >= 4 is 50.5 Å². The predicted octanol–water partition coefficient (Wildman–Crippen LogP) is 1.26. The number of carbonyl (C=O) groups excluding carboxylic acids is 3. The topological polar surface area (TPSA) is 147 Å². The van der Waals surface area contributed by atoms with Gasteiger partial charge in [-0.3, -0.25) is 9.59 Å². The molecular formula is C22H25N5O6S. The molecule has 3 aliphatic rings. The van der Waals surface area contributed by atoms with E-state index in [2.05, 4.69) is 20.7 Å². The lowest BCUT2D eigenvalue weighted by atomic mass is 10.1. The average molecular weight is 488 g/mol. The van der Waals surface area contributed by atoms with Crippen molar-refractivity contribution in [3.63, 3.8) is 0 Å². The van der Waals surface area contributed by atoms with Gasteiger partial charge in [0.1, 0.15) is 17.1 Å². The van der Waals surface area contributed by atoms with Crippen LogP contribution in [-0.4, -0.2) is 66.9 Å². The van der Waals surface area contributed by atoms with Crippen molar-refractivity contribution < 1.29 is 27.5 Å². The molecule has 4 rings (SSSR count). The SMILES string of the molecule is CCOC(=O)C1=C(C)Nc2ccccc2N=C1NC(=O)C1=NN(C2CCS(=O)(=O)C2)C(=O)CC1. The maximum absolute atomic E-state index is 13.1. The molecule has 1 fully saturated rings. The van der Waals surface area contributed by atoms with Crippen LogP contribution < -0.4 is 10.6 Å². The molecule has 12 heteroatoms. The summed E-state index contributed by atoms with van der Waals surface area (Å²) in [6, 6.07) is 6.52. The van der Waals surface area contributed by atoms with E-state index in [9.17, 15) is 22.8 Å². The maximum atomic E-state index is 13.1. The Labute approximate surface area is 196 Å². The van der Waals surface area contributed by atoms with Gasteiger partial charge in [0.2, 0.25) is 5.91 Å². The molecule has 1 unspecified atom stereocenters. The minimum absolute atomic E-state index is 0.00649. The first-order valence-corrected chi connectivity index (χ1v) is 12.7. The minimum Gasteiger partial charge on any atom is -0.462 e. The number of nitrogens with one attached hydrogen (secondary N) is 2. The second-order valence-electron chi connectivity index (χ2n) is 8.12. The number of nitrogens with zero attached hydrogens (tertiary/aromatic N) is 3. The van der Waals surface area contributed by atoms with E-state index in [0.29, 0.717) is 17.1 Å². The van der Waals surface area contributed by atoms with Crippen molar-refractivity contribution in [1.29, 1.82) is 0 Å². The van der Waals surface area contributed by atoms with Crippen LogP contribution in [0.1, 0.15) is 33.1 Å². The van der Waals surface area contributed by atoms with E-state index in [1.807, 2.05) is 6.07 Å². The van der Waals surface area contributed by atoms with Crippen molar-refractivity contribution in [3.05, 3.63) is 35.5 Å². The fourth-order valence-corrected chi connectivity index (χ4v) is 5.70. The van der Waals surface area contributed by atoms with Crippen LogP contribution in [0.2, 0.25) is 0 Å². The monoisotopic (exact) mass is 487 g/mol. The molecule has 0 aliphatic carbocycles. The van der Waals surface area contributed by atoms with Crippen molar-refractivity contribution in [3.8, 4) is 0 Å². The number of allylic oxidation sites excluding steroid dienone is 1. The van der Waals surface area contributed by atoms with Crippen LogP contribution in [0.15, 0.2) is 45.6 Å². The van der Waals surface area contributed by atoms with Crippen LogP contribution in [-0.2, 0) is 29.0 Å². The molecule has 1 aromatic rings. The number of anilines is 1. The Morgan fingerprint density at radius 1 is 1.26 bits per heavy atom. The second-order valence-corrected chi connectivity index (χ2v) is 10.3. The highest BCUT2D eigenvalue weighted by Crippen LogP contribution is 2.30. The molecule has 2 N–H and O–H groups in total. The minimum atomic E-state index is -3.24. The Bertz CT molecular complexity index is 1250. The molecule has 0 bridgehead atoms. The molecule has 2 amide bonds. The molecule has 0 aromatic heterocycles. The number of hydrazone groups is 1. The molecule has 0 radical (unpaired) electrons.